The molecule has 0 aromatic heterocycles. The maximum absolute atomic E-state index is 11.3. The van der Waals surface area contributed by atoms with Crippen molar-refractivity contribution in [2.75, 3.05) is 19.8 Å². The fraction of sp³-hybridized carbons (Fsp3) is 0.917. The number of carbonyl (C=O) groups excluding carboxylic acids is 1. The van der Waals surface area contributed by atoms with E-state index in [1.54, 1.807) is 0 Å². The Kier molecular flexibility index (Phi) is 6.42. The normalized spacial score (nSPS) is 17.1. The van der Waals surface area contributed by atoms with Gasteiger partial charge in [0.25, 0.3) is 0 Å². The lowest BCUT2D eigenvalue weighted by Crippen LogP contribution is -2.27. The third-order valence-corrected chi connectivity index (χ3v) is 2.68. The molecule has 1 saturated carbocycles. The van der Waals surface area contributed by atoms with E-state index in [1.807, 2.05) is 6.92 Å². The Morgan fingerprint density at radius 1 is 1.56 bits per heavy atom. The predicted molar refractivity (Wildman–Crippen MR) is 64.1 cm³/mol. The van der Waals surface area contributed by atoms with E-state index in [4.69, 9.17) is 10.5 Å². The zero-order valence-corrected chi connectivity index (χ0v) is 10.2. The Balaban J connectivity index is 1.81. The van der Waals surface area contributed by atoms with Crippen LogP contribution in [0.25, 0.3) is 0 Å². The smallest absolute Gasteiger partial charge is 0.220 e. The zero-order valence-electron chi connectivity index (χ0n) is 10.2. The topological polar surface area (TPSA) is 64.4 Å². The monoisotopic (exact) mass is 228 g/mol. The molecule has 0 aromatic carbocycles. The molecular formula is C12H24N2O2. The van der Waals surface area contributed by atoms with Gasteiger partial charge in [0.05, 0.1) is 6.61 Å². The highest BCUT2D eigenvalue weighted by Crippen LogP contribution is 2.28. The van der Waals surface area contributed by atoms with Crippen molar-refractivity contribution in [3.05, 3.63) is 0 Å². The third kappa shape index (κ3) is 7.65. The van der Waals surface area contributed by atoms with Crippen LogP contribution in [-0.4, -0.2) is 31.7 Å². The van der Waals surface area contributed by atoms with Crippen molar-refractivity contribution in [1.82, 2.24) is 5.32 Å². The summed E-state index contributed by atoms with van der Waals surface area (Å²) in [6.45, 7) is 4.09. The highest BCUT2D eigenvalue weighted by atomic mass is 16.5. The van der Waals surface area contributed by atoms with Crippen molar-refractivity contribution in [1.29, 1.82) is 0 Å². The molecule has 1 aliphatic carbocycles. The third-order valence-electron chi connectivity index (χ3n) is 2.68. The van der Waals surface area contributed by atoms with Crippen LogP contribution in [-0.2, 0) is 9.53 Å². The molecule has 4 heteroatoms. The second-order valence-corrected chi connectivity index (χ2v) is 4.74. The first-order valence-corrected chi connectivity index (χ1v) is 6.28. The lowest BCUT2D eigenvalue weighted by molar-refractivity contribution is -0.121. The minimum Gasteiger partial charge on any atom is -0.379 e. The van der Waals surface area contributed by atoms with Crippen molar-refractivity contribution < 1.29 is 9.53 Å². The van der Waals surface area contributed by atoms with Crippen LogP contribution in [0.1, 0.15) is 39.0 Å². The van der Waals surface area contributed by atoms with Gasteiger partial charge in [0.15, 0.2) is 0 Å². The van der Waals surface area contributed by atoms with Crippen molar-refractivity contribution in [3.8, 4) is 0 Å². The largest absolute Gasteiger partial charge is 0.379 e. The summed E-state index contributed by atoms with van der Waals surface area (Å²) in [5.74, 6) is 0.900. The van der Waals surface area contributed by atoms with E-state index in [0.717, 1.165) is 25.4 Å². The zero-order chi connectivity index (χ0) is 11.8. The Bertz CT molecular complexity index is 203. The van der Waals surface area contributed by atoms with Crippen LogP contribution >= 0.6 is 0 Å². The molecule has 0 saturated heterocycles. The summed E-state index contributed by atoms with van der Waals surface area (Å²) in [5, 5.41) is 2.85. The summed E-state index contributed by atoms with van der Waals surface area (Å²) in [6.07, 6.45) is 4.97. The molecule has 3 N–H and O–H groups in total. The fourth-order valence-electron chi connectivity index (χ4n) is 1.47. The van der Waals surface area contributed by atoms with Gasteiger partial charge in [-0.3, -0.25) is 4.79 Å². The Morgan fingerprint density at radius 2 is 2.31 bits per heavy atom. The summed E-state index contributed by atoms with van der Waals surface area (Å²) in [7, 11) is 0. The SMILES string of the molecule is CC(N)CCCC(=O)NCCOCC1CC1. The highest BCUT2D eigenvalue weighted by molar-refractivity contribution is 5.75. The second-order valence-electron chi connectivity index (χ2n) is 4.74. The molecule has 1 rings (SSSR count). The molecule has 4 nitrogen and oxygen atoms in total. The molecular weight excluding hydrogens is 204 g/mol. The molecule has 1 amide bonds. The van der Waals surface area contributed by atoms with Gasteiger partial charge in [-0.25, -0.2) is 0 Å². The number of nitrogens with one attached hydrogen (secondary N) is 1. The van der Waals surface area contributed by atoms with E-state index in [0.29, 0.717) is 19.6 Å². The second kappa shape index (κ2) is 7.63. The van der Waals surface area contributed by atoms with Crippen LogP contribution in [0, 0.1) is 5.92 Å². The minimum absolute atomic E-state index is 0.107. The Hall–Kier alpha value is -0.610. The van der Waals surface area contributed by atoms with Gasteiger partial charge >= 0.3 is 0 Å². The molecule has 1 aliphatic rings. The molecule has 1 fully saturated rings. The van der Waals surface area contributed by atoms with Crippen LogP contribution in [0.3, 0.4) is 0 Å². The first-order chi connectivity index (χ1) is 7.68. The predicted octanol–water partition coefficient (Wildman–Crippen LogP) is 1.05. The van der Waals surface area contributed by atoms with Gasteiger partial charge in [-0.05, 0) is 38.5 Å². The van der Waals surface area contributed by atoms with E-state index in [-0.39, 0.29) is 11.9 Å². The lowest BCUT2D eigenvalue weighted by Gasteiger charge is -2.07. The molecule has 16 heavy (non-hydrogen) atoms. The first kappa shape index (κ1) is 13.5. The molecule has 0 aromatic rings. The molecule has 0 heterocycles. The van der Waals surface area contributed by atoms with Crippen LogP contribution in [0.5, 0.6) is 0 Å². The van der Waals surface area contributed by atoms with Gasteiger partial charge in [0.2, 0.25) is 5.91 Å². The van der Waals surface area contributed by atoms with Crippen molar-refractivity contribution >= 4 is 5.91 Å². The number of hydrogen-bond donors (Lipinski definition) is 2. The van der Waals surface area contributed by atoms with Gasteiger partial charge in [0.1, 0.15) is 0 Å². The average molecular weight is 228 g/mol. The molecule has 1 unspecified atom stereocenters. The maximum Gasteiger partial charge on any atom is 0.220 e. The maximum atomic E-state index is 11.3. The Labute approximate surface area is 97.9 Å². The van der Waals surface area contributed by atoms with Crippen molar-refractivity contribution in [2.45, 2.75) is 45.1 Å². The van der Waals surface area contributed by atoms with E-state index in [1.165, 1.54) is 12.8 Å². The number of hydrogen-bond acceptors (Lipinski definition) is 3. The minimum atomic E-state index is 0.107. The van der Waals surface area contributed by atoms with Crippen LogP contribution in [0.15, 0.2) is 0 Å². The molecule has 0 radical (unpaired) electrons. The number of ether oxygens (including phenoxy) is 1. The summed E-state index contributed by atoms with van der Waals surface area (Å²) >= 11 is 0. The molecule has 0 aliphatic heterocycles. The molecule has 1 atom stereocenters. The van der Waals surface area contributed by atoms with Crippen molar-refractivity contribution in [3.63, 3.8) is 0 Å². The van der Waals surface area contributed by atoms with Gasteiger partial charge in [-0.1, -0.05) is 0 Å². The van der Waals surface area contributed by atoms with Crippen molar-refractivity contribution in [2.24, 2.45) is 11.7 Å². The number of nitrogens with two attached hydrogens (primary N) is 1. The van der Waals surface area contributed by atoms with Crippen LogP contribution in [0.4, 0.5) is 0 Å². The summed E-state index contributed by atoms with van der Waals surface area (Å²) in [6, 6.07) is 0.190. The highest BCUT2D eigenvalue weighted by Gasteiger charge is 2.20. The van der Waals surface area contributed by atoms with Gasteiger partial charge in [-0.15, -0.1) is 0 Å². The number of carbonyl (C=O) groups is 1. The van der Waals surface area contributed by atoms with E-state index in [2.05, 4.69) is 5.32 Å². The summed E-state index contributed by atoms with van der Waals surface area (Å²) in [4.78, 5) is 11.3. The quantitative estimate of drug-likeness (QED) is 0.580. The average Bonchev–Trinajstić information content (AvgIpc) is 3.00. The lowest BCUT2D eigenvalue weighted by atomic mass is 10.1. The molecule has 0 spiro atoms. The number of amides is 1. The molecule has 0 bridgehead atoms. The number of rotatable bonds is 9. The standard InChI is InChI=1S/C12H24N2O2/c1-10(13)3-2-4-12(15)14-7-8-16-9-11-5-6-11/h10-11H,2-9,13H2,1H3,(H,14,15). The van der Waals surface area contributed by atoms with Crippen LogP contribution < -0.4 is 11.1 Å². The molecule has 94 valence electrons. The van der Waals surface area contributed by atoms with E-state index < -0.39 is 0 Å². The van der Waals surface area contributed by atoms with Gasteiger partial charge < -0.3 is 15.8 Å². The van der Waals surface area contributed by atoms with Gasteiger partial charge in [0, 0.05) is 25.6 Å². The van der Waals surface area contributed by atoms with E-state index in [9.17, 15) is 4.79 Å². The van der Waals surface area contributed by atoms with Gasteiger partial charge in [-0.2, -0.15) is 0 Å². The first-order valence-electron chi connectivity index (χ1n) is 6.28. The van der Waals surface area contributed by atoms with Crippen LogP contribution in [0.2, 0.25) is 0 Å². The Morgan fingerprint density at radius 3 is 2.94 bits per heavy atom. The summed E-state index contributed by atoms with van der Waals surface area (Å²) in [5.41, 5.74) is 5.60. The fourth-order valence-corrected chi connectivity index (χ4v) is 1.47. The summed E-state index contributed by atoms with van der Waals surface area (Å²) < 4.78 is 5.42. The van der Waals surface area contributed by atoms with E-state index >= 15 is 0 Å².